The molecule has 1 fully saturated rings. The maximum Gasteiger partial charge on any atom is 0.345 e. The van der Waals surface area contributed by atoms with Gasteiger partial charge in [0, 0.05) is 11.3 Å². The molecule has 1 saturated carbocycles. The Balaban J connectivity index is 2.46. The molecule has 0 aromatic rings. The van der Waals surface area contributed by atoms with Crippen LogP contribution in [0.3, 0.4) is 0 Å². The van der Waals surface area contributed by atoms with Crippen LogP contribution in [-0.2, 0) is 9.53 Å². The first-order valence-corrected chi connectivity index (χ1v) is 5.28. The maximum atomic E-state index is 11.9. The number of hydrogen-bond donors (Lipinski definition) is 0. The first-order valence-electron chi connectivity index (χ1n) is 5.28. The van der Waals surface area contributed by atoms with Gasteiger partial charge in [0.25, 0.3) is 0 Å². The van der Waals surface area contributed by atoms with Crippen LogP contribution in [0, 0.1) is 11.3 Å². The lowest BCUT2D eigenvalue weighted by molar-refractivity contribution is -0.162. The molecule has 0 radical (unpaired) electrons. The Labute approximate surface area is 89.0 Å². The topological polar surface area (TPSA) is 26.3 Å². The highest BCUT2D eigenvalue weighted by molar-refractivity contribution is 5.86. The first kappa shape index (κ1) is 12.6. The zero-order valence-corrected chi connectivity index (χ0v) is 9.43. The molecule has 0 aromatic carbocycles. The molecule has 1 aliphatic carbocycles. The van der Waals surface area contributed by atoms with E-state index in [4.69, 9.17) is 0 Å². The van der Waals surface area contributed by atoms with E-state index in [0.717, 1.165) is 0 Å². The van der Waals surface area contributed by atoms with E-state index in [0.29, 0.717) is 19.3 Å². The Morgan fingerprint density at radius 3 is 2.40 bits per heavy atom. The third-order valence-electron chi connectivity index (χ3n) is 2.79. The van der Waals surface area contributed by atoms with Crippen molar-refractivity contribution in [2.24, 2.45) is 11.3 Å². The van der Waals surface area contributed by atoms with Crippen LogP contribution in [0.15, 0.2) is 0 Å². The summed E-state index contributed by atoms with van der Waals surface area (Å²) in [6.45, 7) is 2.85. The normalized spacial score (nSPS) is 27.3. The minimum absolute atomic E-state index is 0.103. The van der Waals surface area contributed by atoms with Gasteiger partial charge in [0.05, 0.1) is 6.10 Å². The third kappa shape index (κ3) is 3.52. The zero-order valence-electron chi connectivity index (χ0n) is 9.43. The van der Waals surface area contributed by atoms with Crippen LogP contribution in [0.25, 0.3) is 0 Å². The Morgan fingerprint density at radius 2 is 1.93 bits per heavy atom. The second-order valence-electron chi connectivity index (χ2n) is 5.14. The van der Waals surface area contributed by atoms with Crippen molar-refractivity contribution < 1.29 is 18.3 Å². The quantitative estimate of drug-likeness (QED) is 0.730. The van der Waals surface area contributed by atoms with Gasteiger partial charge < -0.3 is 4.74 Å². The molecule has 2 atom stereocenters. The molecule has 1 aliphatic rings. The molecule has 2 unspecified atom stereocenters. The number of alkyl halides is 2. The predicted molar refractivity (Wildman–Crippen MR) is 52.7 cm³/mol. The molecule has 0 aliphatic heterocycles. The smallest absolute Gasteiger partial charge is 0.320 e. The molecule has 0 heterocycles. The van der Waals surface area contributed by atoms with E-state index in [1.165, 1.54) is 0 Å². The van der Waals surface area contributed by atoms with Gasteiger partial charge in [-0.2, -0.15) is 8.78 Å². The van der Waals surface area contributed by atoms with Crippen molar-refractivity contribution in [2.75, 3.05) is 0 Å². The molecule has 1 rings (SSSR count). The van der Waals surface area contributed by atoms with E-state index in [2.05, 4.69) is 4.74 Å². The number of hydrogen-bond acceptors (Lipinski definition) is 2. The molecule has 2 nitrogen and oxygen atoms in total. The van der Waals surface area contributed by atoms with Crippen LogP contribution in [0.5, 0.6) is 0 Å². The van der Waals surface area contributed by atoms with E-state index in [-0.39, 0.29) is 17.1 Å². The standard InChI is InChI=1S/C11H18F2O2/c1-11(2,3)9(14)7-4-5-8(6-7)15-10(12)13/h7-8,10H,4-6H2,1-3H3. The lowest BCUT2D eigenvalue weighted by Gasteiger charge is -2.21. The van der Waals surface area contributed by atoms with Crippen molar-refractivity contribution in [3.05, 3.63) is 0 Å². The molecule has 4 heteroatoms. The van der Waals surface area contributed by atoms with E-state index < -0.39 is 12.7 Å². The molecule has 0 N–H and O–H groups in total. The first-order chi connectivity index (χ1) is 6.80. The third-order valence-corrected chi connectivity index (χ3v) is 2.79. The lowest BCUT2D eigenvalue weighted by Crippen LogP contribution is -2.27. The average Bonchev–Trinajstić information content (AvgIpc) is 2.48. The minimum atomic E-state index is -2.72. The second kappa shape index (κ2) is 4.56. The van der Waals surface area contributed by atoms with E-state index in [1.54, 1.807) is 0 Å². The highest BCUT2D eigenvalue weighted by Crippen LogP contribution is 2.34. The van der Waals surface area contributed by atoms with Crippen molar-refractivity contribution in [1.29, 1.82) is 0 Å². The number of ketones is 1. The van der Waals surface area contributed by atoms with Gasteiger partial charge in [-0.15, -0.1) is 0 Å². The van der Waals surface area contributed by atoms with Crippen molar-refractivity contribution in [1.82, 2.24) is 0 Å². The van der Waals surface area contributed by atoms with Crippen molar-refractivity contribution in [2.45, 2.75) is 52.7 Å². The van der Waals surface area contributed by atoms with Crippen LogP contribution in [-0.4, -0.2) is 18.5 Å². The van der Waals surface area contributed by atoms with Crippen LogP contribution < -0.4 is 0 Å². The van der Waals surface area contributed by atoms with Gasteiger partial charge in [0.2, 0.25) is 0 Å². The van der Waals surface area contributed by atoms with Crippen LogP contribution in [0.4, 0.5) is 8.78 Å². The maximum absolute atomic E-state index is 11.9. The molecular formula is C11H18F2O2. The highest BCUT2D eigenvalue weighted by Gasteiger charge is 2.36. The Kier molecular flexibility index (Phi) is 3.82. The van der Waals surface area contributed by atoms with E-state index >= 15 is 0 Å². The number of rotatable bonds is 3. The fourth-order valence-electron chi connectivity index (χ4n) is 2.06. The van der Waals surface area contributed by atoms with Crippen LogP contribution in [0.1, 0.15) is 40.0 Å². The largest absolute Gasteiger partial charge is 0.345 e. The molecule has 0 saturated heterocycles. The number of Topliss-reactive ketones (excluding diaryl/α,β-unsaturated/α-hetero) is 1. The molecular weight excluding hydrogens is 202 g/mol. The second-order valence-corrected chi connectivity index (χ2v) is 5.14. The summed E-state index contributed by atoms with van der Waals surface area (Å²) in [4.78, 5) is 11.9. The molecule has 0 spiro atoms. The summed E-state index contributed by atoms with van der Waals surface area (Å²) >= 11 is 0. The van der Waals surface area contributed by atoms with Gasteiger partial charge in [-0.1, -0.05) is 20.8 Å². The Hall–Kier alpha value is -0.510. The average molecular weight is 220 g/mol. The highest BCUT2D eigenvalue weighted by atomic mass is 19.3. The van der Waals surface area contributed by atoms with Crippen molar-refractivity contribution in [3.8, 4) is 0 Å². The number of carbonyl (C=O) groups is 1. The summed E-state index contributed by atoms with van der Waals surface area (Å²) in [5.41, 5.74) is -0.385. The van der Waals surface area contributed by atoms with E-state index in [9.17, 15) is 13.6 Å². The number of ether oxygens (including phenoxy) is 1. The summed E-state index contributed by atoms with van der Waals surface area (Å²) < 4.78 is 28.3. The van der Waals surface area contributed by atoms with E-state index in [1.807, 2.05) is 20.8 Å². The van der Waals surface area contributed by atoms with Crippen LogP contribution >= 0.6 is 0 Å². The minimum Gasteiger partial charge on any atom is -0.320 e. The molecule has 0 amide bonds. The van der Waals surface area contributed by atoms with Gasteiger partial charge in [-0.25, -0.2) is 0 Å². The van der Waals surface area contributed by atoms with Gasteiger partial charge in [0.1, 0.15) is 5.78 Å². The van der Waals surface area contributed by atoms with Gasteiger partial charge in [-0.05, 0) is 19.3 Å². The zero-order chi connectivity index (χ0) is 11.6. The van der Waals surface area contributed by atoms with Gasteiger partial charge in [-0.3, -0.25) is 4.79 Å². The van der Waals surface area contributed by atoms with Gasteiger partial charge in [0.15, 0.2) is 0 Å². The summed E-state index contributed by atoms with van der Waals surface area (Å²) in [7, 11) is 0. The Morgan fingerprint density at radius 1 is 1.33 bits per heavy atom. The summed E-state index contributed by atoms with van der Waals surface area (Å²) in [5, 5.41) is 0. The molecule has 0 aromatic heterocycles. The summed E-state index contributed by atoms with van der Waals surface area (Å²) in [6.07, 6.45) is 1.24. The molecule has 15 heavy (non-hydrogen) atoms. The molecule has 88 valence electrons. The fraction of sp³-hybridized carbons (Fsp3) is 0.909. The summed E-state index contributed by atoms with van der Waals surface area (Å²) in [6, 6.07) is 0. The molecule has 0 bridgehead atoms. The predicted octanol–water partition coefficient (Wildman–Crippen LogP) is 3.01. The van der Waals surface area contributed by atoms with Gasteiger partial charge >= 0.3 is 6.61 Å². The number of halogens is 2. The fourth-order valence-corrected chi connectivity index (χ4v) is 2.06. The SMILES string of the molecule is CC(C)(C)C(=O)C1CCC(OC(F)F)C1. The number of carbonyl (C=O) groups excluding carboxylic acids is 1. The van der Waals surface area contributed by atoms with Crippen LogP contribution in [0.2, 0.25) is 0 Å². The van der Waals surface area contributed by atoms with Crippen molar-refractivity contribution >= 4 is 5.78 Å². The van der Waals surface area contributed by atoms with Crippen molar-refractivity contribution in [3.63, 3.8) is 0 Å². The lowest BCUT2D eigenvalue weighted by atomic mass is 9.82. The monoisotopic (exact) mass is 220 g/mol. The Bertz CT molecular complexity index is 233. The summed E-state index contributed by atoms with van der Waals surface area (Å²) in [5.74, 6) is 0.0524.